The van der Waals surface area contributed by atoms with Crippen molar-refractivity contribution in [2.45, 2.75) is 87.2 Å². The minimum atomic E-state index is -5.08. The molecule has 11 heteroatoms. The Kier molecular flexibility index (Phi) is 9.45. The van der Waals surface area contributed by atoms with Gasteiger partial charge in [-0.15, -0.1) is 0 Å². The number of sulfonamides is 1. The maximum absolute atomic E-state index is 12.9. The van der Waals surface area contributed by atoms with Crippen LogP contribution in [0.2, 0.25) is 0 Å². The van der Waals surface area contributed by atoms with Crippen molar-refractivity contribution in [2.24, 2.45) is 0 Å². The van der Waals surface area contributed by atoms with Crippen molar-refractivity contribution in [1.29, 1.82) is 0 Å². The van der Waals surface area contributed by atoms with E-state index in [1.54, 1.807) is 24.3 Å². The zero-order valence-corrected chi connectivity index (χ0v) is 22.0. The summed E-state index contributed by atoms with van der Waals surface area (Å²) in [4.78, 5) is 22.1. The number of anilines is 1. The minimum Gasteiger partial charge on any atom is -0.475 e. The van der Waals surface area contributed by atoms with Crippen LogP contribution in [0.15, 0.2) is 53.4 Å². The highest BCUT2D eigenvalue weighted by Gasteiger charge is 2.51. The number of aliphatic carboxylic acids is 1. The first-order chi connectivity index (χ1) is 17.9. The second kappa shape index (κ2) is 12.2. The van der Waals surface area contributed by atoms with Gasteiger partial charge in [0, 0.05) is 11.7 Å². The number of hydrogen-bond donors (Lipinski definition) is 3. The fraction of sp³-hybridized carbons (Fsp3) is 0.481. The summed E-state index contributed by atoms with van der Waals surface area (Å²) in [6, 6.07) is 14.6. The van der Waals surface area contributed by atoms with Gasteiger partial charge in [0.05, 0.1) is 10.3 Å². The molecular weight excluding hydrogens is 521 g/mol. The molecule has 0 unspecified atom stereocenters. The van der Waals surface area contributed by atoms with Crippen LogP contribution in [0.4, 0.5) is 18.9 Å². The molecule has 0 heterocycles. The number of rotatable bonds is 8. The van der Waals surface area contributed by atoms with Gasteiger partial charge >= 0.3 is 12.1 Å². The number of hydrogen-bond acceptors (Lipinski definition) is 4. The summed E-state index contributed by atoms with van der Waals surface area (Å²) in [6.45, 7) is 2.10. The molecule has 0 saturated heterocycles. The molecule has 0 aliphatic heterocycles. The number of nitrogens with one attached hydrogen (secondary N) is 2. The van der Waals surface area contributed by atoms with E-state index in [-0.39, 0.29) is 10.8 Å². The fourth-order valence-electron chi connectivity index (χ4n) is 4.54. The summed E-state index contributed by atoms with van der Waals surface area (Å²) in [5.74, 6) is -2.63. The number of carbonyl (C=O) groups excluding carboxylic acids is 1. The van der Waals surface area contributed by atoms with Crippen LogP contribution in [0.25, 0.3) is 0 Å². The largest absolute Gasteiger partial charge is 0.490 e. The van der Waals surface area contributed by atoms with Crippen molar-refractivity contribution >= 4 is 27.6 Å². The molecular formula is C27H33F3N2O5S. The van der Waals surface area contributed by atoms with Crippen LogP contribution < -0.4 is 10.0 Å². The van der Waals surface area contributed by atoms with Crippen LogP contribution in [-0.4, -0.2) is 37.6 Å². The van der Waals surface area contributed by atoms with Gasteiger partial charge in [-0.25, -0.2) is 13.2 Å². The molecule has 2 aliphatic carbocycles. The van der Waals surface area contributed by atoms with Crippen molar-refractivity contribution in [3.8, 4) is 0 Å². The van der Waals surface area contributed by atoms with Gasteiger partial charge in [0.25, 0.3) is 10.0 Å². The predicted molar refractivity (Wildman–Crippen MR) is 137 cm³/mol. The van der Waals surface area contributed by atoms with Gasteiger partial charge in [0.2, 0.25) is 5.91 Å². The number of aryl methyl sites for hydroxylation is 1. The molecule has 7 nitrogen and oxygen atoms in total. The highest BCUT2D eigenvalue weighted by molar-refractivity contribution is 7.92. The van der Waals surface area contributed by atoms with Crippen molar-refractivity contribution in [3.05, 3.63) is 59.7 Å². The lowest BCUT2D eigenvalue weighted by molar-refractivity contribution is -0.192. The van der Waals surface area contributed by atoms with Gasteiger partial charge < -0.3 is 10.4 Å². The van der Waals surface area contributed by atoms with Crippen molar-refractivity contribution < 1.29 is 36.3 Å². The van der Waals surface area contributed by atoms with Crippen molar-refractivity contribution in [3.63, 3.8) is 0 Å². The molecule has 2 aromatic carbocycles. The van der Waals surface area contributed by atoms with Gasteiger partial charge in [-0.05, 0) is 67.5 Å². The summed E-state index contributed by atoms with van der Waals surface area (Å²) in [5, 5.41) is 10.4. The van der Waals surface area contributed by atoms with E-state index in [4.69, 9.17) is 9.90 Å². The summed E-state index contributed by atoms with van der Waals surface area (Å²) >= 11 is 0. The lowest BCUT2D eigenvalue weighted by atomic mass is 9.91. The minimum absolute atomic E-state index is 0.125. The second-order valence-electron chi connectivity index (χ2n) is 9.77. The Balaban J connectivity index is 0.000000505. The summed E-state index contributed by atoms with van der Waals surface area (Å²) in [6.07, 6.45) is 4.35. The van der Waals surface area contributed by atoms with Crippen LogP contribution in [0.1, 0.15) is 69.4 Å². The fourth-order valence-corrected chi connectivity index (χ4v) is 5.60. The Morgan fingerprint density at radius 1 is 0.974 bits per heavy atom. The van der Waals surface area contributed by atoms with Crippen LogP contribution in [0, 0.1) is 0 Å². The molecule has 2 aromatic rings. The first-order valence-electron chi connectivity index (χ1n) is 12.7. The predicted octanol–water partition coefficient (Wildman–Crippen LogP) is 5.55. The molecule has 0 aromatic heterocycles. The third-order valence-electron chi connectivity index (χ3n) is 6.83. The van der Waals surface area contributed by atoms with E-state index in [1.165, 1.54) is 19.3 Å². The lowest BCUT2D eigenvalue weighted by Crippen LogP contribution is -2.42. The van der Waals surface area contributed by atoms with E-state index < -0.39 is 27.6 Å². The number of halogens is 3. The van der Waals surface area contributed by atoms with Crippen LogP contribution >= 0.6 is 0 Å². The smallest absolute Gasteiger partial charge is 0.475 e. The maximum atomic E-state index is 12.9. The Morgan fingerprint density at radius 2 is 1.53 bits per heavy atom. The standard InChI is InChI=1S/C25H32N2O3S.C2HF3O2/c1-2-6-19-9-15-23(16-10-19)31(29,30)27-22-13-11-20(12-14-22)25(17-18-25)24(28)26-21-7-4-3-5-8-21;3-2(4,5)1(6)7/h9-16,21,27H,2-8,17-18H2,1H3,(H,26,28);(H,6,7). The molecule has 2 aliphatic rings. The van der Waals surface area contributed by atoms with Gasteiger partial charge in [0.15, 0.2) is 0 Å². The van der Waals surface area contributed by atoms with E-state index in [0.717, 1.165) is 49.7 Å². The van der Waals surface area contributed by atoms with Crippen LogP contribution in [0.5, 0.6) is 0 Å². The molecule has 4 rings (SSSR count). The van der Waals surface area contributed by atoms with Gasteiger partial charge in [-0.1, -0.05) is 56.9 Å². The summed E-state index contributed by atoms with van der Waals surface area (Å²) < 4.78 is 59.8. The van der Waals surface area contributed by atoms with E-state index in [0.29, 0.717) is 11.7 Å². The molecule has 0 spiro atoms. The third kappa shape index (κ3) is 7.72. The van der Waals surface area contributed by atoms with Crippen LogP contribution in [0.3, 0.4) is 0 Å². The molecule has 38 heavy (non-hydrogen) atoms. The zero-order chi connectivity index (χ0) is 28.0. The topological polar surface area (TPSA) is 113 Å². The summed E-state index contributed by atoms with van der Waals surface area (Å²) in [7, 11) is -3.64. The number of amides is 1. The molecule has 0 radical (unpaired) electrons. The second-order valence-corrected chi connectivity index (χ2v) is 11.5. The number of alkyl halides is 3. The van der Waals surface area contributed by atoms with Crippen LogP contribution in [-0.2, 0) is 31.4 Å². The zero-order valence-electron chi connectivity index (χ0n) is 21.2. The van der Waals surface area contributed by atoms with E-state index in [1.807, 2.05) is 24.3 Å². The molecule has 0 atom stereocenters. The molecule has 2 fully saturated rings. The average molecular weight is 555 g/mol. The van der Waals surface area contributed by atoms with Gasteiger partial charge in [-0.3, -0.25) is 9.52 Å². The van der Waals surface area contributed by atoms with Gasteiger partial charge in [0.1, 0.15) is 0 Å². The Bertz CT molecular complexity index is 1200. The Hall–Kier alpha value is -3.08. The number of carboxylic acids is 1. The number of carboxylic acid groups (broad SMARTS) is 1. The van der Waals surface area contributed by atoms with E-state index >= 15 is 0 Å². The number of benzene rings is 2. The first-order valence-corrected chi connectivity index (χ1v) is 14.2. The Labute approximate surface area is 220 Å². The monoisotopic (exact) mass is 554 g/mol. The summed E-state index contributed by atoms with van der Waals surface area (Å²) in [5.41, 5.74) is 2.16. The van der Waals surface area contributed by atoms with Crippen molar-refractivity contribution in [2.75, 3.05) is 4.72 Å². The quantitative estimate of drug-likeness (QED) is 0.396. The Morgan fingerprint density at radius 3 is 2.00 bits per heavy atom. The molecule has 3 N–H and O–H groups in total. The SMILES string of the molecule is CCCc1ccc(S(=O)(=O)Nc2ccc(C3(C(=O)NC4CCCCC4)CC3)cc2)cc1.O=C(O)C(F)(F)F. The third-order valence-corrected chi connectivity index (χ3v) is 8.23. The first kappa shape index (κ1) is 29.5. The van der Waals surface area contributed by atoms with Crippen molar-refractivity contribution in [1.82, 2.24) is 5.32 Å². The average Bonchev–Trinajstić information content (AvgIpc) is 3.68. The van der Waals surface area contributed by atoms with E-state index in [9.17, 15) is 26.4 Å². The molecule has 208 valence electrons. The van der Waals surface area contributed by atoms with E-state index in [2.05, 4.69) is 17.0 Å². The molecule has 1 amide bonds. The lowest BCUT2D eigenvalue weighted by Gasteiger charge is -2.25. The highest BCUT2D eigenvalue weighted by Crippen LogP contribution is 2.49. The maximum Gasteiger partial charge on any atom is 0.490 e. The van der Waals surface area contributed by atoms with Gasteiger partial charge in [-0.2, -0.15) is 13.2 Å². The highest BCUT2D eigenvalue weighted by atomic mass is 32.2. The molecule has 0 bridgehead atoms. The number of carbonyl (C=O) groups is 2. The molecule has 2 saturated carbocycles. The normalized spacial score (nSPS) is 17.1.